The zero-order valence-electron chi connectivity index (χ0n) is 11.8. The summed E-state index contributed by atoms with van der Waals surface area (Å²) in [6.45, 7) is 3.56. The summed E-state index contributed by atoms with van der Waals surface area (Å²) in [4.78, 5) is 23.4. The van der Waals surface area contributed by atoms with Gasteiger partial charge in [-0.1, -0.05) is 11.8 Å². The van der Waals surface area contributed by atoms with Crippen molar-refractivity contribution in [1.29, 1.82) is 0 Å². The molecule has 2 aromatic heterocycles. The smallest absolute Gasteiger partial charge is 0.313 e. The standard InChI is InChI=1S/C12H16N4O4S/c1-3-20-5-4-16-10-9(11(19-2)14-7-13-10)15-12(16)21-6-8(17)18/h7H,3-6H2,1-2H3,(H,17,18). The third-order valence-corrected chi connectivity index (χ3v) is 3.61. The molecular weight excluding hydrogens is 296 g/mol. The molecular formula is C12H16N4O4S. The Kier molecular flexibility index (Phi) is 5.34. The number of methoxy groups -OCH3 is 1. The first kappa shape index (κ1) is 15.5. The number of rotatable bonds is 8. The number of carbonyl (C=O) groups is 1. The van der Waals surface area contributed by atoms with Crippen LogP contribution in [0.4, 0.5) is 0 Å². The minimum atomic E-state index is -0.901. The van der Waals surface area contributed by atoms with Gasteiger partial charge in [-0.2, -0.15) is 4.98 Å². The van der Waals surface area contributed by atoms with E-state index in [1.165, 1.54) is 13.4 Å². The zero-order valence-corrected chi connectivity index (χ0v) is 12.6. The van der Waals surface area contributed by atoms with Gasteiger partial charge in [0.1, 0.15) is 6.33 Å². The van der Waals surface area contributed by atoms with Gasteiger partial charge in [-0.05, 0) is 6.92 Å². The highest BCUT2D eigenvalue weighted by Crippen LogP contribution is 2.26. The molecule has 2 aromatic rings. The lowest BCUT2D eigenvalue weighted by atomic mass is 10.5. The molecule has 2 rings (SSSR count). The van der Waals surface area contributed by atoms with Crippen LogP contribution < -0.4 is 4.74 Å². The molecule has 0 aliphatic heterocycles. The molecule has 1 N–H and O–H groups in total. The Morgan fingerprint density at radius 3 is 2.95 bits per heavy atom. The number of aliphatic carboxylic acids is 1. The Morgan fingerprint density at radius 2 is 2.29 bits per heavy atom. The predicted molar refractivity (Wildman–Crippen MR) is 76.7 cm³/mol. The molecule has 0 saturated heterocycles. The molecule has 0 saturated carbocycles. The number of nitrogens with zero attached hydrogens (tertiary/aromatic N) is 4. The molecule has 0 atom stereocenters. The van der Waals surface area contributed by atoms with Gasteiger partial charge in [0.05, 0.1) is 26.0 Å². The molecule has 0 bridgehead atoms. The minimum absolute atomic E-state index is 0.0757. The maximum absolute atomic E-state index is 10.7. The van der Waals surface area contributed by atoms with Crippen LogP contribution in [0.3, 0.4) is 0 Å². The average Bonchev–Trinajstić information content (AvgIpc) is 2.83. The fraction of sp³-hybridized carbons (Fsp3) is 0.500. The summed E-state index contributed by atoms with van der Waals surface area (Å²) in [5.41, 5.74) is 1.12. The number of hydrogen-bond donors (Lipinski definition) is 1. The molecule has 0 aliphatic rings. The third-order valence-electron chi connectivity index (χ3n) is 2.64. The first-order valence-electron chi connectivity index (χ1n) is 6.35. The van der Waals surface area contributed by atoms with E-state index in [0.717, 1.165) is 11.8 Å². The molecule has 0 radical (unpaired) electrons. The van der Waals surface area contributed by atoms with Crippen molar-refractivity contribution in [2.24, 2.45) is 0 Å². The van der Waals surface area contributed by atoms with Crippen LogP contribution in [0.2, 0.25) is 0 Å². The van der Waals surface area contributed by atoms with Crippen molar-refractivity contribution >= 4 is 28.9 Å². The number of thioether (sulfide) groups is 1. The molecule has 0 aliphatic carbocycles. The molecule has 0 aromatic carbocycles. The molecule has 0 unspecified atom stereocenters. The van der Waals surface area contributed by atoms with Crippen LogP contribution in [0.15, 0.2) is 11.5 Å². The average molecular weight is 312 g/mol. The number of carboxylic acid groups (broad SMARTS) is 1. The van der Waals surface area contributed by atoms with Crippen molar-refractivity contribution in [3.63, 3.8) is 0 Å². The van der Waals surface area contributed by atoms with Gasteiger partial charge in [0.15, 0.2) is 16.3 Å². The molecule has 2 heterocycles. The van der Waals surface area contributed by atoms with Crippen molar-refractivity contribution in [3.8, 4) is 5.88 Å². The fourth-order valence-electron chi connectivity index (χ4n) is 1.78. The van der Waals surface area contributed by atoms with E-state index in [1.54, 1.807) is 0 Å². The van der Waals surface area contributed by atoms with Gasteiger partial charge in [-0.3, -0.25) is 4.79 Å². The highest BCUT2D eigenvalue weighted by atomic mass is 32.2. The second-order valence-electron chi connectivity index (χ2n) is 3.98. The lowest BCUT2D eigenvalue weighted by Crippen LogP contribution is -2.09. The zero-order chi connectivity index (χ0) is 15.2. The van der Waals surface area contributed by atoms with E-state index in [1.807, 2.05) is 11.5 Å². The largest absolute Gasteiger partial charge is 0.481 e. The maximum atomic E-state index is 10.7. The number of hydrogen-bond acceptors (Lipinski definition) is 7. The van der Waals surface area contributed by atoms with E-state index in [0.29, 0.717) is 42.0 Å². The summed E-state index contributed by atoms with van der Waals surface area (Å²) >= 11 is 1.13. The van der Waals surface area contributed by atoms with Crippen LogP contribution in [-0.2, 0) is 16.1 Å². The first-order valence-corrected chi connectivity index (χ1v) is 7.33. The Morgan fingerprint density at radius 1 is 1.48 bits per heavy atom. The van der Waals surface area contributed by atoms with Crippen molar-refractivity contribution in [2.75, 3.05) is 26.1 Å². The Labute approximate surface area is 125 Å². The van der Waals surface area contributed by atoms with Gasteiger partial charge in [0.2, 0.25) is 5.88 Å². The fourth-order valence-corrected chi connectivity index (χ4v) is 2.53. The molecule has 114 valence electrons. The van der Waals surface area contributed by atoms with Crippen LogP contribution in [-0.4, -0.2) is 56.7 Å². The van der Waals surface area contributed by atoms with Crippen molar-refractivity contribution in [1.82, 2.24) is 19.5 Å². The van der Waals surface area contributed by atoms with Gasteiger partial charge >= 0.3 is 5.97 Å². The van der Waals surface area contributed by atoms with Crippen LogP contribution in [0.1, 0.15) is 6.92 Å². The number of fused-ring (bicyclic) bond motifs is 1. The molecule has 8 nitrogen and oxygen atoms in total. The Bertz CT molecular complexity index is 631. The summed E-state index contributed by atoms with van der Waals surface area (Å²) < 4.78 is 12.3. The molecule has 0 fully saturated rings. The van der Waals surface area contributed by atoms with Gasteiger partial charge in [0.25, 0.3) is 0 Å². The lowest BCUT2D eigenvalue weighted by Gasteiger charge is -2.07. The highest BCUT2D eigenvalue weighted by molar-refractivity contribution is 7.99. The molecule has 21 heavy (non-hydrogen) atoms. The Hall–Kier alpha value is -1.87. The van der Waals surface area contributed by atoms with Crippen LogP contribution in [0.25, 0.3) is 11.2 Å². The number of imidazole rings is 1. The van der Waals surface area contributed by atoms with Crippen molar-refractivity contribution < 1.29 is 19.4 Å². The van der Waals surface area contributed by atoms with E-state index >= 15 is 0 Å². The summed E-state index contributed by atoms with van der Waals surface area (Å²) in [5.74, 6) is -0.609. The third kappa shape index (κ3) is 3.61. The van der Waals surface area contributed by atoms with E-state index in [4.69, 9.17) is 14.6 Å². The summed E-state index contributed by atoms with van der Waals surface area (Å²) in [6, 6.07) is 0. The van der Waals surface area contributed by atoms with Gasteiger partial charge < -0.3 is 19.1 Å². The second kappa shape index (κ2) is 7.23. The van der Waals surface area contributed by atoms with Gasteiger partial charge in [-0.25, -0.2) is 9.97 Å². The normalized spacial score (nSPS) is 11.0. The topological polar surface area (TPSA) is 99.4 Å². The van der Waals surface area contributed by atoms with E-state index in [-0.39, 0.29) is 5.75 Å². The van der Waals surface area contributed by atoms with Gasteiger partial charge in [0, 0.05) is 6.61 Å². The summed E-state index contributed by atoms with van der Waals surface area (Å²) in [6.07, 6.45) is 1.39. The van der Waals surface area contributed by atoms with E-state index in [9.17, 15) is 4.79 Å². The van der Waals surface area contributed by atoms with Crippen LogP contribution >= 0.6 is 11.8 Å². The Balaban J connectivity index is 2.38. The molecule has 0 amide bonds. The van der Waals surface area contributed by atoms with Crippen molar-refractivity contribution in [3.05, 3.63) is 6.33 Å². The first-order chi connectivity index (χ1) is 10.2. The van der Waals surface area contributed by atoms with Gasteiger partial charge in [-0.15, -0.1) is 0 Å². The highest BCUT2D eigenvalue weighted by Gasteiger charge is 2.17. The monoisotopic (exact) mass is 312 g/mol. The maximum Gasteiger partial charge on any atom is 0.313 e. The van der Waals surface area contributed by atoms with Crippen molar-refractivity contribution in [2.45, 2.75) is 18.6 Å². The molecule has 0 spiro atoms. The van der Waals surface area contributed by atoms with E-state index < -0.39 is 5.97 Å². The van der Waals surface area contributed by atoms with Crippen LogP contribution in [0, 0.1) is 0 Å². The number of carboxylic acids is 1. The quantitative estimate of drug-likeness (QED) is 0.570. The molecule has 9 heteroatoms. The lowest BCUT2D eigenvalue weighted by molar-refractivity contribution is -0.133. The number of aromatic nitrogens is 4. The SMILES string of the molecule is CCOCCn1c(SCC(=O)O)nc2c(OC)ncnc21. The minimum Gasteiger partial charge on any atom is -0.481 e. The van der Waals surface area contributed by atoms with Crippen LogP contribution in [0.5, 0.6) is 5.88 Å². The summed E-state index contributed by atoms with van der Waals surface area (Å²) in [7, 11) is 1.51. The summed E-state index contributed by atoms with van der Waals surface area (Å²) in [5, 5.41) is 9.38. The second-order valence-corrected chi connectivity index (χ2v) is 4.92. The number of ether oxygens (including phenoxy) is 2. The van der Waals surface area contributed by atoms with E-state index in [2.05, 4.69) is 15.0 Å². The predicted octanol–water partition coefficient (Wildman–Crippen LogP) is 1.05.